The van der Waals surface area contributed by atoms with E-state index in [-0.39, 0.29) is 58.5 Å². The normalized spacial score (nSPS) is 19.3. The number of aromatic hydroxyl groups is 1. The van der Waals surface area contributed by atoms with Crippen LogP contribution in [-0.4, -0.2) is 75.4 Å². The van der Waals surface area contributed by atoms with Crippen molar-refractivity contribution in [3.05, 3.63) is 63.5 Å². The number of imidazole rings is 1. The molecule has 0 bridgehead atoms. The number of aromatic amines is 1. The molecule has 2 saturated heterocycles. The molecule has 47 heavy (non-hydrogen) atoms. The smallest absolute Gasteiger partial charge is 0.349 e. The summed E-state index contributed by atoms with van der Waals surface area (Å²) < 4.78 is 41.5. The van der Waals surface area contributed by atoms with Crippen molar-refractivity contribution < 1.29 is 23.0 Å². The minimum Gasteiger partial charge on any atom is -0.508 e. The van der Waals surface area contributed by atoms with Crippen molar-refractivity contribution in [2.45, 2.75) is 44.4 Å². The number of anilines is 2. The number of halogens is 2. The molecule has 2 aliphatic rings. The zero-order chi connectivity index (χ0) is 33.0. The zero-order valence-corrected chi connectivity index (χ0v) is 26.2. The number of ether oxygens (including phenoxy) is 1. The Morgan fingerprint density at radius 2 is 2.13 bits per heavy atom. The molecular weight excluding hydrogens is 608 g/mol. The molecule has 0 radical (unpaired) electrons. The first-order chi connectivity index (χ1) is 22.6. The number of hydrogen-bond acceptors (Lipinski definition) is 10. The number of alkyl halides is 1. The lowest BCUT2D eigenvalue weighted by atomic mass is 9.95. The van der Waals surface area contributed by atoms with E-state index in [9.17, 15) is 18.7 Å². The maximum atomic E-state index is 14.9. The minimum absolute atomic E-state index is 0.00194. The van der Waals surface area contributed by atoms with E-state index in [2.05, 4.69) is 36.1 Å². The molecule has 5 aromatic rings. The van der Waals surface area contributed by atoms with Gasteiger partial charge in [-0.1, -0.05) is 12.0 Å². The largest absolute Gasteiger partial charge is 0.508 e. The van der Waals surface area contributed by atoms with Crippen LogP contribution in [0.25, 0.3) is 33.0 Å². The van der Waals surface area contributed by atoms with Gasteiger partial charge >= 0.3 is 11.6 Å². The quantitative estimate of drug-likeness (QED) is 0.201. The SMILES string of the molecule is C#Cc1c(F)ccc2cc(O)cc(-c3oc(=O)c4c(NCc5cnc(N(C)C)[nH]5)nc(OC[C@@]56CCCN5C[C@H](F)C6)nc4c3C)c12. The average Bonchev–Trinajstić information content (AvgIpc) is 3.75. The van der Waals surface area contributed by atoms with Crippen molar-refractivity contribution >= 4 is 33.4 Å². The van der Waals surface area contributed by atoms with Crippen molar-refractivity contribution in [1.29, 1.82) is 0 Å². The van der Waals surface area contributed by atoms with Gasteiger partial charge in [-0.2, -0.15) is 9.97 Å². The molecule has 13 heteroatoms. The van der Waals surface area contributed by atoms with Crippen molar-refractivity contribution in [1.82, 2.24) is 24.8 Å². The number of aryl methyl sites for hydroxylation is 1. The number of nitrogens with one attached hydrogen (secondary N) is 2. The highest BCUT2D eigenvalue weighted by Gasteiger charge is 2.49. The van der Waals surface area contributed by atoms with Gasteiger partial charge in [-0.15, -0.1) is 6.42 Å². The van der Waals surface area contributed by atoms with Crippen LogP contribution in [0.15, 0.2) is 39.7 Å². The summed E-state index contributed by atoms with van der Waals surface area (Å²) in [5, 5.41) is 14.6. The topological polar surface area (TPSA) is 133 Å². The molecule has 0 spiro atoms. The Kier molecular flexibility index (Phi) is 7.47. The number of H-pyrrole nitrogens is 1. The lowest BCUT2D eigenvalue weighted by Gasteiger charge is -2.30. The monoisotopic (exact) mass is 641 g/mol. The van der Waals surface area contributed by atoms with Crippen LogP contribution >= 0.6 is 0 Å². The molecule has 2 fully saturated rings. The van der Waals surface area contributed by atoms with E-state index in [4.69, 9.17) is 15.6 Å². The van der Waals surface area contributed by atoms with Crippen LogP contribution < -0.4 is 20.6 Å². The predicted molar refractivity (Wildman–Crippen MR) is 174 cm³/mol. The summed E-state index contributed by atoms with van der Waals surface area (Å²) in [6, 6.07) is 5.54. The second-order valence-electron chi connectivity index (χ2n) is 12.4. The molecule has 0 amide bonds. The average molecular weight is 642 g/mol. The second-order valence-corrected chi connectivity index (χ2v) is 12.4. The molecule has 242 valence electrons. The number of rotatable bonds is 8. The van der Waals surface area contributed by atoms with Gasteiger partial charge in [0.15, 0.2) is 0 Å². The van der Waals surface area contributed by atoms with E-state index in [0.717, 1.165) is 25.1 Å². The molecule has 3 aromatic heterocycles. The molecule has 2 atom stereocenters. The van der Waals surface area contributed by atoms with Gasteiger partial charge in [-0.05, 0) is 49.9 Å². The third-order valence-corrected chi connectivity index (χ3v) is 9.14. The third kappa shape index (κ3) is 5.28. The number of phenols is 1. The number of benzene rings is 2. The third-order valence-electron chi connectivity index (χ3n) is 9.14. The van der Waals surface area contributed by atoms with Crippen LogP contribution in [0.5, 0.6) is 11.8 Å². The lowest BCUT2D eigenvalue weighted by molar-refractivity contribution is 0.107. The number of fused-ring (bicyclic) bond motifs is 3. The highest BCUT2D eigenvalue weighted by Crippen LogP contribution is 2.41. The molecule has 11 nitrogen and oxygen atoms in total. The van der Waals surface area contributed by atoms with Crippen LogP contribution in [0.3, 0.4) is 0 Å². The van der Waals surface area contributed by atoms with Gasteiger partial charge in [0.2, 0.25) is 5.95 Å². The molecule has 3 N–H and O–H groups in total. The highest BCUT2D eigenvalue weighted by molar-refractivity contribution is 6.03. The maximum absolute atomic E-state index is 14.9. The van der Waals surface area contributed by atoms with Gasteiger partial charge in [-0.3, -0.25) is 4.90 Å². The summed E-state index contributed by atoms with van der Waals surface area (Å²) in [7, 11) is 3.72. The maximum Gasteiger partial charge on any atom is 0.349 e. The Morgan fingerprint density at radius 1 is 1.30 bits per heavy atom. The molecule has 2 aromatic carbocycles. The van der Waals surface area contributed by atoms with Gasteiger partial charge < -0.3 is 29.5 Å². The zero-order valence-electron chi connectivity index (χ0n) is 26.2. The molecule has 2 aliphatic heterocycles. The fraction of sp³-hybridized carbons (Fsp3) is 0.353. The number of terminal acetylenes is 1. The van der Waals surface area contributed by atoms with Gasteiger partial charge in [0.1, 0.15) is 41.3 Å². The molecule has 5 heterocycles. The first-order valence-electron chi connectivity index (χ1n) is 15.3. The Labute approximate surface area is 268 Å². The predicted octanol–water partition coefficient (Wildman–Crippen LogP) is 4.89. The minimum atomic E-state index is -0.931. The fourth-order valence-electron chi connectivity index (χ4n) is 6.92. The van der Waals surface area contributed by atoms with Crippen LogP contribution in [0.2, 0.25) is 0 Å². The van der Waals surface area contributed by atoms with Gasteiger partial charge in [0, 0.05) is 43.6 Å². The number of phenolic OH excluding ortho intramolecular Hbond substituents is 1. The van der Waals surface area contributed by atoms with Crippen molar-refractivity contribution in [3.63, 3.8) is 0 Å². The molecule has 7 rings (SSSR count). The van der Waals surface area contributed by atoms with Crippen LogP contribution in [0.1, 0.15) is 36.1 Å². The van der Waals surface area contributed by atoms with Crippen LogP contribution in [-0.2, 0) is 6.54 Å². The first-order valence-corrected chi connectivity index (χ1v) is 15.3. The summed E-state index contributed by atoms with van der Waals surface area (Å²) in [5.74, 6) is 2.51. The van der Waals surface area contributed by atoms with E-state index < -0.39 is 23.2 Å². The number of hydrogen-bond donors (Lipinski definition) is 3. The molecular formula is C34H33F2N7O4. The standard InChI is InChI=1S/C34H33F2N7O4/c1-5-23-25(36)8-7-19-11-22(44)12-24(26(19)23)29-18(2)28-27(31(45)47-29)30(37-14-21-15-38-32(39-21)42(3)4)41-33(40-28)46-17-34-9-6-10-43(34)16-20(35)13-34/h1,7-8,11-12,15,20,44H,6,9-10,13-14,16-17H2,2-4H3,(H,38,39)(H,37,40,41)/t20-,34+/m1/s1. The number of aromatic nitrogens is 4. The van der Waals surface area contributed by atoms with E-state index >= 15 is 0 Å². The van der Waals surface area contributed by atoms with Gasteiger partial charge in [0.05, 0.1) is 35.1 Å². The Hall–Kier alpha value is -5.22. The lowest BCUT2D eigenvalue weighted by Crippen LogP contribution is -2.43. The van der Waals surface area contributed by atoms with Gasteiger partial charge in [-0.25, -0.2) is 18.6 Å². The molecule has 0 saturated carbocycles. The number of nitrogens with zero attached hydrogens (tertiary/aromatic N) is 5. The summed E-state index contributed by atoms with van der Waals surface area (Å²) in [4.78, 5) is 34.5. The van der Waals surface area contributed by atoms with Crippen LogP contribution in [0, 0.1) is 25.1 Å². The van der Waals surface area contributed by atoms with E-state index in [1.165, 1.54) is 24.3 Å². The Bertz CT molecular complexity index is 2140. The van der Waals surface area contributed by atoms with Crippen molar-refractivity contribution in [2.24, 2.45) is 0 Å². The van der Waals surface area contributed by atoms with E-state index in [1.807, 2.05) is 19.0 Å². The second kappa shape index (κ2) is 11.5. The van der Waals surface area contributed by atoms with Crippen LogP contribution in [0.4, 0.5) is 20.5 Å². The summed E-state index contributed by atoms with van der Waals surface area (Å²) in [5.41, 5.74) is 0.359. The van der Waals surface area contributed by atoms with Gasteiger partial charge in [0.25, 0.3) is 0 Å². The van der Waals surface area contributed by atoms with Crippen molar-refractivity contribution in [2.75, 3.05) is 44.0 Å². The highest BCUT2D eigenvalue weighted by atomic mass is 19.1. The fourth-order valence-corrected chi connectivity index (χ4v) is 6.92. The summed E-state index contributed by atoms with van der Waals surface area (Å²) in [6.07, 6.45) is 8.55. The van der Waals surface area contributed by atoms with Crippen molar-refractivity contribution in [3.8, 4) is 35.4 Å². The molecule has 0 unspecified atom stereocenters. The summed E-state index contributed by atoms with van der Waals surface area (Å²) in [6.45, 7) is 3.29. The first kappa shape index (κ1) is 30.4. The Balaban J connectivity index is 1.37. The van der Waals surface area contributed by atoms with E-state index in [0.29, 0.717) is 35.2 Å². The summed E-state index contributed by atoms with van der Waals surface area (Å²) >= 11 is 0. The Morgan fingerprint density at radius 3 is 2.89 bits per heavy atom. The van der Waals surface area contributed by atoms with E-state index in [1.54, 1.807) is 13.1 Å². The molecule has 0 aliphatic carbocycles.